The first-order valence-electron chi connectivity index (χ1n) is 7.13. The van der Waals surface area contributed by atoms with E-state index in [0.717, 1.165) is 11.6 Å². The highest BCUT2D eigenvalue weighted by molar-refractivity contribution is 14.1. The van der Waals surface area contributed by atoms with Crippen LogP contribution in [0.3, 0.4) is 0 Å². The Hall–Kier alpha value is -1.54. The van der Waals surface area contributed by atoms with Crippen LogP contribution in [0.25, 0.3) is 0 Å². The van der Waals surface area contributed by atoms with E-state index in [4.69, 9.17) is 0 Å². The molecule has 0 radical (unpaired) electrons. The molecule has 0 aliphatic carbocycles. The van der Waals surface area contributed by atoms with Gasteiger partial charge in [-0.3, -0.25) is 4.72 Å². The summed E-state index contributed by atoms with van der Waals surface area (Å²) in [5.74, 6) is -0.777. The normalized spacial score (nSPS) is 12.7. The highest BCUT2D eigenvalue weighted by Gasteiger charge is 2.49. The molecule has 0 amide bonds. The molecule has 2 aromatic rings. The van der Waals surface area contributed by atoms with Gasteiger partial charge in [0.05, 0.1) is 10.6 Å². The number of alkyl halides is 3. The van der Waals surface area contributed by atoms with Gasteiger partial charge >= 0.3 is 15.6 Å². The molecule has 1 N–H and O–H groups in total. The number of hydrogen-bond donors (Lipinski definition) is 1. The molecule has 0 heterocycles. The lowest BCUT2D eigenvalue weighted by Crippen LogP contribution is -2.28. The minimum Gasteiger partial charge on any atom is -0.374 e. The molecule has 0 saturated heterocycles. The summed E-state index contributed by atoms with van der Waals surface area (Å²) in [6.07, 6.45) is 0. The van der Waals surface area contributed by atoms with Gasteiger partial charge in [0, 0.05) is 3.57 Å². The molecule has 2 rings (SSSR count). The summed E-state index contributed by atoms with van der Waals surface area (Å²) in [5.41, 5.74) is -4.88. The van der Waals surface area contributed by atoms with Crippen molar-refractivity contribution in [1.82, 2.24) is 0 Å². The van der Waals surface area contributed by atoms with E-state index in [9.17, 15) is 30.0 Å². The van der Waals surface area contributed by atoms with Crippen molar-refractivity contribution in [3.63, 3.8) is 0 Å². The van der Waals surface area contributed by atoms with E-state index in [1.807, 2.05) is 22.6 Å². The summed E-state index contributed by atoms with van der Waals surface area (Å²) in [6, 6.07) is 7.90. The molecule has 6 nitrogen and oxygen atoms in total. The van der Waals surface area contributed by atoms with E-state index < -0.39 is 37.1 Å². The molecule has 0 spiro atoms. The van der Waals surface area contributed by atoms with Crippen LogP contribution in [-0.2, 0) is 20.1 Å². The monoisotopic (exact) mass is 535 g/mol. The second-order valence-corrected chi connectivity index (χ2v) is 9.88. The van der Waals surface area contributed by atoms with Crippen LogP contribution < -0.4 is 8.91 Å². The first-order valence-corrected chi connectivity index (χ1v) is 11.1. The fourth-order valence-corrected chi connectivity index (χ4v) is 3.89. The Morgan fingerprint density at radius 3 is 2.07 bits per heavy atom. The molecule has 0 saturated carbocycles. The molecule has 12 heteroatoms. The molecule has 0 fully saturated rings. The van der Waals surface area contributed by atoms with Crippen LogP contribution in [-0.4, -0.2) is 22.3 Å². The van der Waals surface area contributed by atoms with Crippen molar-refractivity contribution < 1.29 is 34.2 Å². The Bertz CT molecular complexity index is 1070. The molecular weight excluding hydrogens is 522 g/mol. The maximum absolute atomic E-state index is 12.6. The van der Waals surface area contributed by atoms with Crippen molar-refractivity contribution in [2.45, 2.75) is 24.3 Å². The fraction of sp³-hybridized carbons (Fsp3) is 0.200. The second kappa shape index (κ2) is 7.47. The SMILES string of the molecule is Cc1ccc(S(=O)(=O)Nc2cc(I)c(C)cc2OS(=O)(=O)C(F)(F)F)cc1. The van der Waals surface area contributed by atoms with Crippen LogP contribution in [0.1, 0.15) is 11.1 Å². The molecule has 2 aromatic carbocycles. The van der Waals surface area contributed by atoms with Gasteiger partial charge in [0.2, 0.25) is 0 Å². The summed E-state index contributed by atoms with van der Waals surface area (Å²) in [7, 11) is -10.1. The molecular formula is C15H13F3INO5S2. The first-order chi connectivity index (χ1) is 12.2. The molecule has 0 bridgehead atoms. The van der Waals surface area contributed by atoms with E-state index in [1.165, 1.54) is 25.1 Å². The third-order valence-corrected chi connectivity index (χ3v) is 6.83. The molecule has 0 aromatic heterocycles. The Morgan fingerprint density at radius 2 is 1.56 bits per heavy atom. The lowest BCUT2D eigenvalue weighted by atomic mass is 10.2. The van der Waals surface area contributed by atoms with Crippen molar-refractivity contribution >= 4 is 48.4 Å². The van der Waals surface area contributed by atoms with Crippen LogP contribution in [0.4, 0.5) is 18.9 Å². The van der Waals surface area contributed by atoms with Crippen LogP contribution in [0.5, 0.6) is 5.75 Å². The maximum Gasteiger partial charge on any atom is 0.534 e. The number of anilines is 1. The summed E-state index contributed by atoms with van der Waals surface area (Å²) in [6.45, 7) is 3.26. The topological polar surface area (TPSA) is 89.5 Å². The number of aryl methyl sites for hydroxylation is 2. The van der Waals surface area contributed by atoms with Crippen molar-refractivity contribution in [2.75, 3.05) is 4.72 Å². The van der Waals surface area contributed by atoms with Crippen LogP contribution in [0.15, 0.2) is 41.3 Å². The van der Waals surface area contributed by atoms with E-state index >= 15 is 0 Å². The van der Waals surface area contributed by atoms with E-state index in [0.29, 0.717) is 9.13 Å². The zero-order chi connectivity index (χ0) is 20.6. The van der Waals surface area contributed by atoms with E-state index in [1.54, 1.807) is 19.1 Å². The molecule has 0 unspecified atom stereocenters. The number of halogens is 4. The zero-order valence-corrected chi connectivity index (χ0v) is 17.6. The molecule has 27 heavy (non-hydrogen) atoms. The van der Waals surface area contributed by atoms with E-state index in [2.05, 4.69) is 8.91 Å². The average Bonchev–Trinajstić information content (AvgIpc) is 2.51. The molecule has 0 aliphatic heterocycles. The highest BCUT2D eigenvalue weighted by atomic mass is 127. The molecule has 148 valence electrons. The van der Waals surface area contributed by atoms with Gasteiger partial charge < -0.3 is 4.18 Å². The molecule has 0 atom stereocenters. The van der Waals surface area contributed by atoms with Crippen LogP contribution in [0.2, 0.25) is 0 Å². The van der Waals surface area contributed by atoms with Gasteiger partial charge in [-0.25, -0.2) is 8.42 Å². The Kier molecular flexibility index (Phi) is 6.02. The lowest BCUT2D eigenvalue weighted by Gasteiger charge is -2.16. The number of nitrogens with one attached hydrogen (secondary N) is 1. The van der Waals surface area contributed by atoms with Crippen molar-refractivity contribution in [3.05, 3.63) is 51.1 Å². The minimum absolute atomic E-state index is 0.145. The number of sulfonamides is 1. The summed E-state index contributed by atoms with van der Waals surface area (Å²) >= 11 is 1.83. The predicted molar refractivity (Wildman–Crippen MR) is 101 cm³/mol. The Labute approximate surface area is 168 Å². The second-order valence-electron chi connectivity index (χ2n) is 5.50. The summed E-state index contributed by atoms with van der Waals surface area (Å²) in [4.78, 5) is -0.145. The Balaban J connectivity index is 2.50. The third-order valence-electron chi connectivity index (χ3n) is 3.32. The minimum atomic E-state index is -5.97. The first kappa shape index (κ1) is 21.8. The smallest absolute Gasteiger partial charge is 0.374 e. The zero-order valence-electron chi connectivity index (χ0n) is 13.8. The van der Waals surface area contributed by atoms with Crippen LogP contribution in [0, 0.1) is 17.4 Å². The summed E-state index contributed by atoms with van der Waals surface area (Å²) < 4.78 is 92.2. The van der Waals surface area contributed by atoms with Gasteiger partial charge in [0.25, 0.3) is 10.0 Å². The van der Waals surface area contributed by atoms with Gasteiger partial charge in [-0.15, -0.1) is 0 Å². The van der Waals surface area contributed by atoms with Gasteiger partial charge in [0.15, 0.2) is 5.75 Å². The van der Waals surface area contributed by atoms with Gasteiger partial charge in [-0.2, -0.15) is 21.6 Å². The third kappa shape index (κ3) is 5.04. The van der Waals surface area contributed by atoms with Crippen molar-refractivity contribution in [3.8, 4) is 5.75 Å². The maximum atomic E-state index is 12.6. The average molecular weight is 535 g/mol. The van der Waals surface area contributed by atoms with Crippen molar-refractivity contribution in [1.29, 1.82) is 0 Å². The number of rotatable bonds is 5. The highest BCUT2D eigenvalue weighted by Crippen LogP contribution is 2.35. The van der Waals surface area contributed by atoms with Gasteiger partial charge in [-0.05, 0) is 66.3 Å². The Morgan fingerprint density at radius 1 is 1.00 bits per heavy atom. The standard InChI is InChI=1S/C15H13F3INO5S2/c1-9-3-5-11(6-4-9)26(21,22)20-13-8-12(19)10(2)7-14(13)25-27(23,24)15(16,17)18/h3-8,20H,1-2H3. The van der Waals surface area contributed by atoms with Crippen LogP contribution >= 0.6 is 22.6 Å². The van der Waals surface area contributed by atoms with Gasteiger partial charge in [0.1, 0.15) is 0 Å². The molecule has 0 aliphatic rings. The van der Waals surface area contributed by atoms with E-state index in [-0.39, 0.29) is 4.90 Å². The largest absolute Gasteiger partial charge is 0.534 e. The number of benzene rings is 2. The van der Waals surface area contributed by atoms with Gasteiger partial charge in [-0.1, -0.05) is 17.7 Å². The lowest BCUT2D eigenvalue weighted by molar-refractivity contribution is -0.0499. The predicted octanol–water partition coefficient (Wildman–Crippen LogP) is 3.94. The number of hydrogen-bond acceptors (Lipinski definition) is 5. The quantitative estimate of drug-likeness (QED) is 0.356. The fourth-order valence-electron chi connectivity index (χ4n) is 1.89. The summed E-state index contributed by atoms with van der Waals surface area (Å²) in [5, 5.41) is 0. The van der Waals surface area contributed by atoms with Crippen molar-refractivity contribution in [2.24, 2.45) is 0 Å².